The molecule has 0 spiro atoms. The maximum Gasteiger partial charge on any atom is 0.266 e. The molecule has 26 heavy (non-hydrogen) atoms. The van der Waals surface area contributed by atoms with Crippen molar-refractivity contribution in [3.8, 4) is 22.8 Å². The Balaban J connectivity index is 1.90. The number of pyridine rings is 1. The zero-order valence-electron chi connectivity index (χ0n) is 14.7. The molecule has 0 radical (unpaired) electrons. The van der Waals surface area contributed by atoms with E-state index in [9.17, 15) is 4.79 Å². The summed E-state index contributed by atoms with van der Waals surface area (Å²) in [5.74, 6) is 1.24. The van der Waals surface area contributed by atoms with Crippen molar-refractivity contribution in [1.29, 1.82) is 0 Å². The molecular formula is C19H18N2O3S2. The van der Waals surface area contributed by atoms with Crippen LogP contribution < -0.4 is 9.47 Å². The molecule has 1 aliphatic heterocycles. The third-order valence-electron chi connectivity index (χ3n) is 3.95. The van der Waals surface area contributed by atoms with Gasteiger partial charge in [-0.1, -0.05) is 36.1 Å². The van der Waals surface area contributed by atoms with Crippen LogP contribution in [0.3, 0.4) is 0 Å². The van der Waals surface area contributed by atoms with Gasteiger partial charge in [-0.25, -0.2) is 0 Å². The highest BCUT2D eigenvalue weighted by molar-refractivity contribution is 8.26. The number of rotatable bonds is 5. The van der Waals surface area contributed by atoms with Gasteiger partial charge in [0.15, 0.2) is 11.5 Å². The summed E-state index contributed by atoms with van der Waals surface area (Å²) in [7, 11) is 3.20. The molecule has 1 amide bonds. The van der Waals surface area contributed by atoms with Crippen LogP contribution in [0.15, 0.2) is 41.4 Å². The number of carbonyl (C=O) groups excluding carboxylic acids is 1. The van der Waals surface area contributed by atoms with Gasteiger partial charge in [0.05, 0.1) is 24.8 Å². The van der Waals surface area contributed by atoms with E-state index in [2.05, 4.69) is 4.98 Å². The topological polar surface area (TPSA) is 51.7 Å². The number of methoxy groups -OCH3 is 2. The number of aromatic nitrogens is 1. The van der Waals surface area contributed by atoms with Crippen molar-refractivity contribution in [2.24, 2.45) is 0 Å². The summed E-state index contributed by atoms with van der Waals surface area (Å²) in [4.78, 5) is 19.0. The predicted octanol–water partition coefficient (Wildman–Crippen LogP) is 3.99. The smallest absolute Gasteiger partial charge is 0.266 e. The molecule has 1 aromatic heterocycles. The highest BCUT2D eigenvalue weighted by Gasteiger charge is 2.30. The Kier molecular flexibility index (Phi) is 5.58. The van der Waals surface area contributed by atoms with Crippen LogP contribution in [0.5, 0.6) is 11.5 Å². The molecule has 3 rings (SSSR count). The number of amides is 1. The lowest BCUT2D eigenvalue weighted by atomic mass is 10.1. The molecular weight excluding hydrogens is 368 g/mol. The monoisotopic (exact) mass is 386 g/mol. The number of ether oxygens (including phenoxy) is 2. The number of carbonyl (C=O) groups is 1. The van der Waals surface area contributed by atoms with Crippen molar-refractivity contribution in [1.82, 2.24) is 9.88 Å². The standard InChI is InChI=1S/C19H18N2O3S2/c1-4-21-18(22)16(26-19(21)25)10-12-8-9-14(20-11-12)13-6-5-7-15(23-2)17(13)24-3/h5-11H,4H2,1-3H3/b16-10-. The Morgan fingerprint density at radius 2 is 2.04 bits per heavy atom. The fraction of sp³-hybridized carbons (Fsp3) is 0.211. The average molecular weight is 386 g/mol. The van der Waals surface area contributed by atoms with Gasteiger partial charge in [0.25, 0.3) is 5.91 Å². The van der Waals surface area contributed by atoms with E-state index in [0.29, 0.717) is 27.3 Å². The molecule has 0 atom stereocenters. The Morgan fingerprint density at radius 3 is 2.62 bits per heavy atom. The third-order valence-corrected chi connectivity index (χ3v) is 5.33. The molecule has 0 saturated carbocycles. The van der Waals surface area contributed by atoms with E-state index in [1.54, 1.807) is 25.3 Å². The second kappa shape index (κ2) is 7.88. The van der Waals surface area contributed by atoms with Crippen LogP contribution in [0.2, 0.25) is 0 Å². The van der Waals surface area contributed by atoms with E-state index in [1.807, 2.05) is 43.3 Å². The van der Waals surface area contributed by atoms with E-state index >= 15 is 0 Å². The number of benzene rings is 1. The molecule has 1 saturated heterocycles. The summed E-state index contributed by atoms with van der Waals surface area (Å²) in [6.07, 6.45) is 3.54. The first-order valence-corrected chi connectivity index (χ1v) is 9.24. The Bertz CT molecular complexity index is 879. The summed E-state index contributed by atoms with van der Waals surface area (Å²) in [6.45, 7) is 2.49. The Morgan fingerprint density at radius 1 is 1.23 bits per heavy atom. The van der Waals surface area contributed by atoms with Crippen LogP contribution in [0.25, 0.3) is 17.3 Å². The zero-order chi connectivity index (χ0) is 18.7. The molecule has 0 unspecified atom stereocenters. The van der Waals surface area contributed by atoms with Crippen LogP contribution in [-0.4, -0.2) is 40.9 Å². The number of hydrogen-bond acceptors (Lipinski definition) is 6. The van der Waals surface area contributed by atoms with Crippen molar-refractivity contribution < 1.29 is 14.3 Å². The van der Waals surface area contributed by atoms with Crippen molar-refractivity contribution in [3.63, 3.8) is 0 Å². The van der Waals surface area contributed by atoms with E-state index in [4.69, 9.17) is 21.7 Å². The largest absolute Gasteiger partial charge is 0.493 e. The van der Waals surface area contributed by atoms with Gasteiger partial charge in [-0.2, -0.15) is 0 Å². The fourth-order valence-corrected chi connectivity index (χ4v) is 4.05. The minimum Gasteiger partial charge on any atom is -0.493 e. The van der Waals surface area contributed by atoms with Gasteiger partial charge < -0.3 is 9.47 Å². The molecule has 134 valence electrons. The maximum atomic E-state index is 12.3. The van der Waals surface area contributed by atoms with E-state index in [1.165, 1.54) is 11.8 Å². The van der Waals surface area contributed by atoms with Crippen molar-refractivity contribution in [2.75, 3.05) is 20.8 Å². The molecule has 1 fully saturated rings. The zero-order valence-corrected chi connectivity index (χ0v) is 16.3. The molecule has 2 aromatic rings. The van der Waals surface area contributed by atoms with Gasteiger partial charge >= 0.3 is 0 Å². The summed E-state index contributed by atoms with van der Waals surface area (Å²) in [5, 5.41) is 0. The van der Waals surface area contributed by atoms with E-state index in [0.717, 1.165) is 16.8 Å². The molecule has 0 N–H and O–H groups in total. The highest BCUT2D eigenvalue weighted by atomic mass is 32.2. The van der Waals surface area contributed by atoms with E-state index in [-0.39, 0.29) is 5.91 Å². The van der Waals surface area contributed by atoms with Crippen LogP contribution in [0.1, 0.15) is 12.5 Å². The first-order valence-electron chi connectivity index (χ1n) is 8.01. The van der Waals surface area contributed by atoms with Gasteiger partial charge in [-0.05, 0) is 36.8 Å². The molecule has 1 aliphatic rings. The van der Waals surface area contributed by atoms with Crippen LogP contribution in [0.4, 0.5) is 0 Å². The van der Waals surface area contributed by atoms with Gasteiger partial charge in [-0.15, -0.1) is 0 Å². The summed E-state index contributed by atoms with van der Waals surface area (Å²) in [6, 6.07) is 9.47. The molecule has 1 aromatic carbocycles. The normalized spacial score (nSPS) is 15.7. The summed E-state index contributed by atoms with van der Waals surface area (Å²) in [5.41, 5.74) is 2.45. The molecule has 2 heterocycles. The number of likely N-dealkylation sites (N-methyl/N-ethyl adjacent to an activating group) is 1. The quantitative estimate of drug-likeness (QED) is 0.572. The minimum absolute atomic E-state index is 0.0546. The van der Waals surface area contributed by atoms with Gasteiger partial charge in [0, 0.05) is 18.3 Å². The summed E-state index contributed by atoms with van der Waals surface area (Å²) < 4.78 is 11.4. The number of nitrogens with zero attached hydrogens (tertiary/aromatic N) is 2. The fourth-order valence-electron chi connectivity index (χ4n) is 2.66. The Hall–Kier alpha value is -2.38. The molecule has 7 heteroatoms. The van der Waals surface area contributed by atoms with Crippen molar-refractivity contribution in [3.05, 3.63) is 47.0 Å². The predicted molar refractivity (Wildman–Crippen MR) is 108 cm³/mol. The second-order valence-electron chi connectivity index (χ2n) is 5.44. The van der Waals surface area contributed by atoms with Gasteiger partial charge in [-0.3, -0.25) is 14.7 Å². The van der Waals surface area contributed by atoms with Crippen molar-refractivity contribution in [2.45, 2.75) is 6.92 Å². The van der Waals surface area contributed by atoms with Gasteiger partial charge in [0.2, 0.25) is 0 Å². The second-order valence-corrected chi connectivity index (χ2v) is 7.12. The number of hydrogen-bond donors (Lipinski definition) is 0. The van der Waals surface area contributed by atoms with Crippen LogP contribution >= 0.6 is 24.0 Å². The molecule has 5 nitrogen and oxygen atoms in total. The third kappa shape index (κ3) is 3.45. The summed E-state index contributed by atoms with van der Waals surface area (Å²) >= 11 is 6.55. The lowest BCUT2D eigenvalue weighted by molar-refractivity contribution is -0.121. The van der Waals surface area contributed by atoms with Gasteiger partial charge in [0.1, 0.15) is 4.32 Å². The lowest BCUT2D eigenvalue weighted by Gasteiger charge is -2.12. The first kappa shape index (κ1) is 18.4. The SMILES string of the molecule is CCN1C(=O)/C(=C/c2ccc(-c3cccc(OC)c3OC)nc2)SC1=S. The van der Waals surface area contributed by atoms with E-state index < -0.39 is 0 Å². The number of thioether (sulfide) groups is 1. The average Bonchev–Trinajstić information content (AvgIpc) is 2.94. The van der Waals surface area contributed by atoms with Crippen LogP contribution in [-0.2, 0) is 4.79 Å². The van der Waals surface area contributed by atoms with Crippen molar-refractivity contribution >= 4 is 40.3 Å². The number of thiocarbonyl (C=S) groups is 1. The minimum atomic E-state index is -0.0546. The lowest BCUT2D eigenvalue weighted by Crippen LogP contribution is -2.27. The molecule has 0 bridgehead atoms. The van der Waals surface area contributed by atoms with Crippen LogP contribution in [0, 0.1) is 0 Å². The number of para-hydroxylation sites is 1. The maximum absolute atomic E-state index is 12.3. The Labute approximate surface area is 162 Å². The highest BCUT2D eigenvalue weighted by Crippen LogP contribution is 2.37. The first-order chi connectivity index (χ1) is 12.6. The molecule has 0 aliphatic carbocycles.